The van der Waals surface area contributed by atoms with Crippen LogP contribution in [-0.2, 0) is 11.0 Å². The zero-order valence-corrected chi connectivity index (χ0v) is 18.8. The predicted molar refractivity (Wildman–Crippen MR) is 121 cm³/mol. The van der Waals surface area contributed by atoms with E-state index in [4.69, 9.17) is 0 Å². The van der Waals surface area contributed by atoms with Gasteiger partial charge in [-0.1, -0.05) is 30.3 Å². The number of H-pyrrole nitrogens is 1. The topological polar surface area (TPSA) is 156 Å². The van der Waals surface area contributed by atoms with E-state index in [1.807, 2.05) is 11.4 Å². The number of aliphatic hydroxyl groups is 1. The number of hydrogen-bond acceptors (Lipinski definition) is 6. The van der Waals surface area contributed by atoms with Gasteiger partial charge in [0.2, 0.25) is 0 Å². The molecular formula is C23H21F4N5O5. The fraction of sp³-hybridized carbons (Fsp3) is 0.217. The van der Waals surface area contributed by atoms with Crippen molar-refractivity contribution in [1.82, 2.24) is 26.1 Å². The van der Waals surface area contributed by atoms with Crippen LogP contribution in [0, 0.1) is 5.82 Å². The molecule has 1 aromatic heterocycles. The lowest BCUT2D eigenvalue weighted by Gasteiger charge is -2.20. The number of carboxylic acids is 1. The van der Waals surface area contributed by atoms with Crippen LogP contribution in [0.15, 0.2) is 54.6 Å². The van der Waals surface area contributed by atoms with Gasteiger partial charge in [-0.05, 0) is 24.3 Å². The summed E-state index contributed by atoms with van der Waals surface area (Å²) >= 11 is 0. The second kappa shape index (κ2) is 11.6. The van der Waals surface area contributed by atoms with Gasteiger partial charge in [0.25, 0.3) is 11.8 Å². The van der Waals surface area contributed by atoms with Gasteiger partial charge in [0.05, 0.1) is 23.4 Å². The lowest BCUT2D eigenvalue weighted by Crippen LogP contribution is -2.53. The first-order chi connectivity index (χ1) is 17.5. The van der Waals surface area contributed by atoms with Gasteiger partial charge in [0, 0.05) is 12.1 Å². The van der Waals surface area contributed by atoms with Crippen LogP contribution < -0.4 is 16.0 Å². The Kier molecular flexibility index (Phi) is 8.57. The van der Waals surface area contributed by atoms with Crippen LogP contribution in [-0.4, -0.2) is 63.6 Å². The smallest absolute Gasteiger partial charge is 0.417 e. The quantitative estimate of drug-likeness (QED) is 0.175. The van der Waals surface area contributed by atoms with Gasteiger partial charge in [-0.2, -0.15) is 18.3 Å². The molecule has 2 amide bonds. The minimum Gasteiger partial charge on any atom is -0.480 e. The van der Waals surface area contributed by atoms with E-state index < -0.39 is 66.3 Å². The highest BCUT2D eigenvalue weighted by Gasteiger charge is 2.35. The number of halogens is 4. The van der Waals surface area contributed by atoms with Crippen LogP contribution in [0.3, 0.4) is 0 Å². The molecule has 0 bridgehead atoms. The van der Waals surface area contributed by atoms with Gasteiger partial charge < -0.3 is 20.8 Å². The van der Waals surface area contributed by atoms with Crippen molar-refractivity contribution in [1.29, 1.82) is 0 Å². The fourth-order valence-corrected chi connectivity index (χ4v) is 3.23. The molecule has 2 unspecified atom stereocenters. The van der Waals surface area contributed by atoms with E-state index in [-0.39, 0.29) is 5.69 Å². The molecule has 0 radical (unpaired) electrons. The Morgan fingerprint density at radius 2 is 1.65 bits per heavy atom. The summed E-state index contributed by atoms with van der Waals surface area (Å²) < 4.78 is 52.8. The van der Waals surface area contributed by atoms with Crippen LogP contribution >= 0.6 is 0 Å². The summed E-state index contributed by atoms with van der Waals surface area (Å²) in [6.07, 6.45) is -6.56. The van der Waals surface area contributed by atoms with Crippen molar-refractivity contribution in [3.8, 4) is 11.3 Å². The molecule has 1 heterocycles. The molecule has 0 saturated heterocycles. The highest BCUT2D eigenvalue weighted by atomic mass is 19.4. The van der Waals surface area contributed by atoms with Crippen molar-refractivity contribution >= 4 is 17.8 Å². The van der Waals surface area contributed by atoms with Crippen molar-refractivity contribution in [2.24, 2.45) is 0 Å². The van der Waals surface area contributed by atoms with Crippen molar-refractivity contribution in [2.75, 3.05) is 13.1 Å². The molecule has 10 nitrogen and oxygen atoms in total. The molecule has 37 heavy (non-hydrogen) atoms. The van der Waals surface area contributed by atoms with Gasteiger partial charge in [0.1, 0.15) is 23.8 Å². The molecular weight excluding hydrogens is 502 g/mol. The summed E-state index contributed by atoms with van der Waals surface area (Å²) in [7, 11) is 0. The number of alkyl halides is 3. The first-order valence-electron chi connectivity index (χ1n) is 10.7. The molecule has 3 aromatic rings. The summed E-state index contributed by atoms with van der Waals surface area (Å²) in [6, 6.07) is 10.1. The maximum absolute atomic E-state index is 13.4. The first-order valence-corrected chi connectivity index (χ1v) is 10.7. The Labute approximate surface area is 206 Å². The van der Waals surface area contributed by atoms with Crippen molar-refractivity contribution in [3.05, 3.63) is 77.2 Å². The summed E-state index contributed by atoms with van der Waals surface area (Å²) in [5.41, 5.74) is -1.10. The normalized spacial score (nSPS) is 13.0. The number of nitrogens with one attached hydrogen (secondary N) is 4. The molecule has 14 heteroatoms. The van der Waals surface area contributed by atoms with Gasteiger partial charge in [0.15, 0.2) is 0 Å². The average molecular weight is 523 g/mol. The van der Waals surface area contributed by atoms with Gasteiger partial charge in [-0.25, -0.2) is 4.39 Å². The van der Waals surface area contributed by atoms with Crippen molar-refractivity contribution in [2.45, 2.75) is 18.4 Å². The zero-order chi connectivity index (χ0) is 27.2. The number of aromatic nitrogens is 2. The highest BCUT2D eigenvalue weighted by molar-refractivity contribution is 5.96. The Morgan fingerprint density at radius 1 is 0.973 bits per heavy atom. The number of carbonyl (C=O) groups is 3. The maximum Gasteiger partial charge on any atom is 0.417 e. The zero-order valence-electron chi connectivity index (χ0n) is 18.8. The number of aliphatic hydroxyl groups excluding tert-OH is 1. The van der Waals surface area contributed by atoms with E-state index >= 15 is 0 Å². The summed E-state index contributed by atoms with van der Waals surface area (Å²) in [5.74, 6) is -4.66. The third-order valence-electron chi connectivity index (χ3n) is 5.04. The molecule has 2 aromatic carbocycles. The van der Waals surface area contributed by atoms with Crippen LogP contribution in [0.2, 0.25) is 0 Å². The first kappa shape index (κ1) is 27.3. The Morgan fingerprint density at radius 3 is 2.30 bits per heavy atom. The molecule has 6 N–H and O–H groups in total. The van der Waals surface area contributed by atoms with Crippen LogP contribution in [0.5, 0.6) is 0 Å². The van der Waals surface area contributed by atoms with Crippen molar-refractivity contribution in [3.63, 3.8) is 0 Å². The van der Waals surface area contributed by atoms with Crippen LogP contribution in [0.25, 0.3) is 11.3 Å². The molecule has 3 rings (SSSR count). The third-order valence-corrected chi connectivity index (χ3v) is 5.04. The number of nitrogens with zero attached hydrogens (tertiary/aromatic N) is 1. The van der Waals surface area contributed by atoms with Gasteiger partial charge in [-0.15, -0.1) is 0 Å². The summed E-state index contributed by atoms with van der Waals surface area (Å²) in [6.45, 7) is -1.22. The lowest BCUT2D eigenvalue weighted by atomic mass is 10.1. The predicted octanol–water partition coefficient (Wildman–Crippen LogP) is 1.76. The largest absolute Gasteiger partial charge is 0.480 e. The molecule has 0 aliphatic carbocycles. The molecule has 2 atom stereocenters. The number of benzene rings is 2. The third kappa shape index (κ3) is 7.35. The Bertz CT molecular complexity index is 1270. The van der Waals surface area contributed by atoms with Crippen LogP contribution in [0.1, 0.15) is 26.4 Å². The number of aromatic amines is 1. The highest BCUT2D eigenvalue weighted by Crippen LogP contribution is 2.32. The van der Waals surface area contributed by atoms with E-state index in [0.29, 0.717) is 23.9 Å². The second-order valence-corrected chi connectivity index (χ2v) is 7.71. The average Bonchev–Trinajstić information content (AvgIpc) is 3.35. The maximum atomic E-state index is 13.4. The number of hydrogen-bond donors (Lipinski definition) is 6. The molecule has 196 valence electrons. The summed E-state index contributed by atoms with van der Waals surface area (Å²) in [5, 5.41) is 32.5. The molecule has 0 spiro atoms. The fourth-order valence-electron chi connectivity index (χ4n) is 3.23. The molecule has 0 aliphatic heterocycles. The van der Waals surface area contributed by atoms with Crippen LogP contribution in [0.4, 0.5) is 17.6 Å². The van der Waals surface area contributed by atoms with E-state index in [2.05, 4.69) is 20.8 Å². The van der Waals surface area contributed by atoms with E-state index in [0.717, 1.165) is 5.56 Å². The standard InChI is InChI=1S/C23H21F4N5O5/c24-13-6-7-15(23(25,26)27)14(8-13)20(34)28-10-18(22(36)37)30-19(33)11-29-21(35)17-9-16(31-32-17)12-4-2-1-3-5-12/h1-9,18-19,30,33H,10-11H2,(H,28,34)(H,29,35)(H,31,32)(H,36,37). The Hall–Kier alpha value is -4.30. The van der Waals surface area contributed by atoms with E-state index in [1.165, 1.54) is 6.07 Å². The molecule has 0 aliphatic rings. The number of carboxylic acid groups (broad SMARTS) is 1. The number of carbonyl (C=O) groups excluding carboxylic acids is 2. The lowest BCUT2D eigenvalue weighted by molar-refractivity contribution is -0.140. The number of amides is 2. The second-order valence-electron chi connectivity index (χ2n) is 7.71. The SMILES string of the molecule is O=C(NCC(O)NC(CNC(=O)c1cc(F)ccc1C(F)(F)F)C(=O)O)c1cc(-c2ccccc2)n[nH]1. The van der Waals surface area contributed by atoms with Crippen molar-refractivity contribution < 1.29 is 42.2 Å². The number of rotatable bonds is 10. The van der Waals surface area contributed by atoms with E-state index in [1.54, 1.807) is 24.3 Å². The monoisotopic (exact) mass is 523 g/mol. The molecule has 0 saturated carbocycles. The molecule has 0 fully saturated rings. The number of aliphatic carboxylic acids is 1. The minimum absolute atomic E-state index is 0.0728. The summed E-state index contributed by atoms with van der Waals surface area (Å²) in [4.78, 5) is 36.0. The van der Waals surface area contributed by atoms with E-state index in [9.17, 15) is 42.2 Å². The van der Waals surface area contributed by atoms with Gasteiger partial charge >= 0.3 is 12.1 Å². The van der Waals surface area contributed by atoms with Gasteiger partial charge in [-0.3, -0.25) is 24.8 Å². The minimum atomic E-state index is -4.95. The Balaban J connectivity index is 1.55.